The van der Waals surface area contributed by atoms with Crippen LogP contribution in [0.1, 0.15) is 26.2 Å². The summed E-state index contributed by atoms with van der Waals surface area (Å²) in [5.41, 5.74) is 0.377. The van der Waals surface area contributed by atoms with Gasteiger partial charge >= 0.3 is 5.97 Å². The first-order valence-electron chi connectivity index (χ1n) is 7.30. The monoisotopic (exact) mass is 335 g/mol. The van der Waals surface area contributed by atoms with Gasteiger partial charge in [-0.3, -0.25) is 24.5 Å². The van der Waals surface area contributed by atoms with Gasteiger partial charge in [-0.2, -0.15) is 0 Å². The molecule has 128 valence electrons. The molecule has 0 aromatic heterocycles. The summed E-state index contributed by atoms with van der Waals surface area (Å²) in [5, 5.41) is 13.6. The van der Waals surface area contributed by atoms with Crippen molar-refractivity contribution in [2.24, 2.45) is 0 Å². The molecule has 2 amide bonds. The number of nitrogens with one attached hydrogen (secondary N) is 1. The van der Waals surface area contributed by atoms with Crippen molar-refractivity contribution < 1.29 is 24.0 Å². The fraction of sp³-hybridized carbons (Fsp3) is 0.400. The molecule has 1 aliphatic heterocycles. The minimum Gasteiger partial charge on any atom is -0.469 e. The van der Waals surface area contributed by atoms with Crippen molar-refractivity contribution in [3.05, 3.63) is 28.3 Å². The van der Waals surface area contributed by atoms with Crippen LogP contribution in [0.15, 0.2) is 18.2 Å². The third kappa shape index (κ3) is 3.67. The van der Waals surface area contributed by atoms with Crippen LogP contribution in [0, 0.1) is 10.1 Å². The zero-order chi connectivity index (χ0) is 17.9. The molecule has 1 heterocycles. The Hall–Kier alpha value is -2.97. The number of methoxy groups -OCH3 is 1. The van der Waals surface area contributed by atoms with E-state index in [2.05, 4.69) is 10.1 Å². The second-order valence-electron chi connectivity index (χ2n) is 5.40. The zero-order valence-corrected chi connectivity index (χ0v) is 13.3. The van der Waals surface area contributed by atoms with Crippen LogP contribution >= 0.6 is 0 Å². The summed E-state index contributed by atoms with van der Waals surface area (Å²) >= 11 is 0. The van der Waals surface area contributed by atoms with Gasteiger partial charge in [-0.25, -0.2) is 0 Å². The summed E-state index contributed by atoms with van der Waals surface area (Å²) in [7, 11) is 1.22. The third-order valence-corrected chi connectivity index (χ3v) is 3.69. The molecule has 2 rings (SSSR count). The predicted molar refractivity (Wildman–Crippen MR) is 84.5 cm³/mol. The number of non-ortho nitro benzene ring substituents is 1. The first-order chi connectivity index (χ1) is 11.3. The van der Waals surface area contributed by atoms with E-state index in [0.29, 0.717) is 5.69 Å². The topological polar surface area (TPSA) is 119 Å². The van der Waals surface area contributed by atoms with Gasteiger partial charge in [0.2, 0.25) is 11.8 Å². The lowest BCUT2D eigenvalue weighted by molar-refractivity contribution is -0.384. The smallest absolute Gasteiger partial charge is 0.306 e. The summed E-state index contributed by atoms with van der Waals surface area (Å²) in [6, 6.07) is 3.39. The molecule has 9 heteroatoms. The van der Waals surface area contributed by atoms with Crippen LogP contribution in [0.3, 0.4) is 0 Å². The molecule has 0 saturated carbocycles. The van der Waals surface area contributed by atoms with E-state index in [9.17, 15) is 24.5 Å². The largest absolute Gasteiger partial charge is 0.469 e. The second kappa shape index (κ2) is 7.07. The third-order valence-electron chi connectivity index (χ3n) is 3.69. The van der Waals surface area contributed by atoms with Crippen LogP contribution in [0.2, 0.25) is 0 Å². The molecule has 0 bridgehead atoms. The molecule has 0 saturated heterocycles. The Morgan fingerprint density at radius 2 is 2.12 bits per heavy atom. The number of nitro benzene ring substituents is 1. The molecule has 1 aliphatic rings. The molecule has 1 aromatic carbocycles. The lowest BCUT2D eigenvalue weighted by Crippen LogP contribution is -2.39. The van der Waals surface area contributed by atoms with Crippen LogP contribution in [0.25, 0.3) is 0 Å². The van der Waals surface area contributed by atoms with Crippen molar-refractivity contribution in [3.8, 4) is 0 Å². The van der Waals surface area contributed by atoms with Gasteiger partial charge in [0.1, 0.15) is 0 Å². The Labute approximate surface area is 137 Å². The molecular weight excluding hydrogens is 318 g/mol. The number of hydrogen-bond donors (Lipinski definition) is 1. The van der Waals surface area contributed by atoms with Gasteiger partial charge in [0.25, 0.3) is 5.69 Å². The lowest BCUT2D eigenvalue weighted by Gasteiger charge is -2.27. The SMILES string of the molecule is COC(=O)CCC(=O)N1c2cc([N+](=O)[O-])ccc2NC(=O)C[C@@H]1C. The maximum Gasteiger partial charge on any atom is 0.306 e. The number of anilines is 2. The first-order valence-corrected chi connectivity index (χ1v) is 7.30. The number of nitrogens with zero attached hydrogens (tertiary/aromatic N) is 2. The Balaban J connectivity index is 2.40. The van der Waals surface area contributed by atoms with Crippen molar-refractivity contribution >= 4 is 34.8 Å². The van der Waals surface area contributed by atoms with Crippen LogP contribution < -0.4 is 10.2 Å². The minimum atomic E-state index is -0.575. The molecule has 1 aromatic rings. The highest BCUT2D eigenvalue weighted by Gasteiger charge is 2.31. The summed E-state index contributed by atoms with van der Waals surface area (Å²) in [4.78, 5) is 47.4. The molecule has 0 unspecified atom stereocenters. The molecule has 0 radical (unpaired) electrons. The molecule has 1 atom stereocenters. The quantitative estimate of drug-likeness (QED) is 0.507. The normalized spacial score (nSPS) is 16.7. The van der Waals surface area contributed by atoms with Gasteiger partial charge in [0, 0.05) is 31.0 Å². The fourth-order valence-corrected chi connectivity index (χ4v) is 2.55. The van der Waals surface area contributed by atoms with E-state index < -0.39 is 22.8 Å². The van der Waals surface area contributed by atoms with Crippen LogP contribution in [-0.4, -0.2) is 35.9 Å². The lowest BCUT2D eigenvalue weighted by atomic mass is 10.1. The van der Waals surface area contributed by atoms with Gasteiger partial charge in [-0.1, -0.05) is 0 Å². The number of nitro groups is 1. The van der Waals surface area contributed by atoms with Crippen molar-refractivity contribution in [2.45, 2.75) is 32.2 Å². The summed E-state index contributed by atoms with van der Waals surface area (Å²) in [6.45, 7) is 1.67. The highest BCUT2D eigenvalue weighted by molar-refractivity contribution is 6.05. The number of ether oxygens (including phenoxy) is 1. The van der Waals surface area contributed by atoms with E-state index in [1.54, 1.807) is 6.92 Å². The Morgan fingerprint density at radius 3 is 2.75 bits per heavy atom. The number of benzene rings is 1. The zero-order valence-electron chi connectivity index (χ0n) is 13.3. The summed E-state index contributed by atoms with van der Waals surface area (Å²) in [6.07, 6.45) is -0.177. The maximum absolute atomic E-state index is 12.5. The number of rotatable bonds is 4. The molecule has 0 aliphatic carbocycles. The average Bonchev–Trinajstić information content (AvgIpc) is 2.65. The minimum absolute atomic E-state index is 0.0481. The van der Waals surface area contributed by atoms with Gasteiger partial charge < -0.3 is 15.0 Å². The number of carbonyl (C=O) groups is 3. The summed E-state index contributed by atoms with van der Waals surface area (Å²) in [5.74, 6) is -1.23. The van der Waals surface area contributed by atoms with Crippen molar-refractivity contribution in [3.63, 3.8) is 0 Å². The molecule has 24 heavy (non-hydrogen) atoms. The number of carbonyl (C=O) groups excluding carboxylic acids is 3. The molecular formula is C15H17N3O6. The van der Waals surface area contributed by atoms with E-state index in [1.807, 2.05) is 0 Å². The molecule has 0 fully saturated rings. The van der Waals surface area contributed by atoms with E-state index in [0.717, 1.165) is 0 Å². The number of fused-ring (bicyclic) bond motifs is 1. The summed E-state index contributed by atoms with van der Waals surface area (Å²) < 4.78 is 4.51. The molecule has 9 nitrogen and oxygen atoms in total. The number of hydrogen-bond acceptors (Lipinski definition) is 6. The van der Waals surface area contributed by atoms with Crippen molar-refractivity contribution in [2.75, 3.05) is 17.3 Å². The fourth-order valence-electron chi connectivity index (χ4n) is 2.55. The standard InChI is InChI=1S/C15H17N3O6/c1-9-7-13(19)16-11-4-3-10(18(22)23)8-12(11)17(9)14(20)5-6-15(21)24-2/h3-4,8-9H,5-7H2,1-2H3,(H,16,19)/t9-/m0/s1. The number of esters is 1. The van der Waals surface area contributed by atoms with Gasteiger partial charge in [0.15, 0.2) is 0 Å². The Morgan fingerprint density at radius 1 is 1.42 bits per heavy atom. The van der Waals surface area contributed by atoms with E-state index in [1.165, 1.54) is 30.2 Å². The highest BCUT2D eigenvalue weighted by Crippen LogP contribution is 2.35. The van der Waals surface area contributed by atoms with E-state index >= 15 is 0 Å². The van der Waals surface area contributed by atoms with Crippen LogP contribution in [0.5, 0.6) is 0 Å². The van der Waals surface area contributed by atoms with E-state index in [-0.39, 0.29) is 36.5 Å². The first kappa shape index (κ1) is 17.4. The van der Waals surface area contributed by atoms with Gasteiger partial charge in [0.05, 0.1) is 29.8 Å². The Kier molecular flexibility index (Phi) is 5.12. The van der Waals surface area contributed by atoms with Gasteiger partial charge in [-0.15, -0.1) is 0 Å². The average molecular weight is 335 g/mol. The van der Waals surface area contributed by atoms with Crippen molar-refractivity contribution in [1.82, 2.24) is 0 Å². The number of amides is 2. The second-order valence-corrected chi connectivity index (χ2v) is 5.40. The van der Waals surface area contributed by atoms with Crippen LogP contribution in [0.4, 0.5) is 17.1 Å². The van der Waals surface area contributed by atoms with Crippen LogP contribution in [-0.2, 0) is 19.1 Å². The maximum atomic E-state index is 12.5. The Bertz CT molecular complexity index is 702. The molecule has 0 spiro atoms. The predicted octanol–water partition coefficient (Wildman–Crippen LogP) is 1.61. The van der Waals surface area contributed by atoms with Crippen molar-refractivity contribution in [1.29, 1.82) is 0 Å². The molecule has 1 N–H and O–H groups in total. The van der Waals surface area contributed by atoms with Gasteiger partial charge in [-0.05, 0) is 13.0 Å². The highest BCUT2D eigenvalue weighted by atomic mass is 16.6. The van der Waals surface area contributed by atoms with E-state index in [4.69, 9.17) is 0 Å².